The third-order valence-electron chi connectivity index (χ3n) is 4.32. The maximum absolute atomic E-state index is 4.83. The van der Waals surface area contributed by atoms with Crippen LogP contribution in [0.4, 0.5) is 0 Å². The van der Waals surface area contributed by atoms with Gasteiger partial charge in [-0.1, -0.05) is 73.4 Å². The van der Waals surface area contributed by atoms with Crippen LogP contribution in [0.15, 0.2) is 53.5 Å². The molecule has 1 saturated carbocycles. The van der Waals surface area contributed by atoms with Gasteiger partial charge in [-0.3, -0.25) is 4.99 Å². The van der Waals surface area contributed by atoms with Crippen molar-refractivity contribution in [2.75, 3.05) is 0 Å². The summed E-state index contributed by atoms with van der Waals surface area (Å²) in [6.07, 6.45) is 8.65. The van der Waals surface area contributed by atoms with Crippen molar-refractivity contribution in [2.24, 2.45) is 4.99 Å². The first-order valence-corrected chi connectivity index (χ1v) is 8.02. The highest BCUT2D eigenvalue weighted by Crippen LogP contribution is 2.24. The van der Waals surface area contributed by atoms with E-state index < -0.39 is 0 Å². The van der Waals surface area contributed by atoms with Crippen molar-refractivity contribution in [3.8, 4) is 11.1 Å². The summed E-state index contributed by atoms with van der Waals surface area (Å²) in [4.78, 5) is 4.83. The summed E-state index contributed by atoms with van der Waals surface area (Å²) in [6, 6.07) is 17.8. The van der Waals surface area contributed by atoms with Crippen LogP contribution in [0.3, 0.4) is 0 Å². The fourth-order valence-corrected chi connectivity index (χ4v) is 3.02. The van der Waals surface area contributed by atoms with Gasteiger partial charge in [0.2, 0.25) is 0 Å². The van der Waals surface area contributed by atoms with E-state index in [0.29, 0.717) is 6.04 Å². The Labute approximate surface area is 127 Å². The monoisotopic (exact) mass is 277 g/mol. The lowest BCUT2D eigenvalue weighted by Gasteiger charge is -2.17. The second-order valence-electron chi connectivity index (χ2n) is 6.02. The highest BCUT2D eigenvalue weighted by Gasteiger charge is 2.11. The summed E-state index contributed by atoms with van der Waals surface area (Å²) < 4.78 is 0. The fraction of sp³-hybridized carbons (Fsp3) is 0.350. The quantitative estimate of drug-likeness (QED) is 0.665. The zero-order valence-electron chi connectivity index (χ0n) is 12.8. The number of benzene rings is 2. The molecule has 2 aromatic carbocycles. The summed E-state index contributed by atoms with van der Waals surface area (Å²) in [7, 11) is 0. The molecule has 1 aliphatic rings. The lowest BCUT2D eigenvalue weighted by molar-refractivity contribution is 0.444. The minimum Gasteiger partial charge on any atom is -0.289 e. The van der Waals surface area contributed by atoms with E-state index >= 15 is 0 Å². The molecule has 1 nitrogen and oxygen atoms in total. The molecule has 0 atom stereocenters. The number of nitrogens with zero attached hydrogens (tertiary/aromatic N) is 1. The molecule has 0 amide bonds. The van der Waals surface area contributed by atoms with Gasteiger partial charge in [0, 0.05) is 17.8 Å². The van der Waals surface area contributed by atoms with Gasteiger partial charge in [-0.25, -0.2) is 0 Å². The van der Waals surface area contributed by atoms with Gasteiger partial charge in [0.05, 0.1) is 0 Å². The molecule has 1 heteroatoms. The van der Waals surface area contributed by atoms with E-state index in [4.69, 9.17) is 4.99 Å². The topological polar surface area (TPSA) is 12.4 Å². The van der Waals surface area contributed by atoms with Crippen LogP contribution in [0.2, 0.25) is 0 Å². The zero-order valence-corrected chi connectivity index (χ0v) is 12.8. The Bertz CT molecular complexity index is 604. The zero-order chi connectivity index (χ0) is 14.5. The summed E-state index contributed by atoms with van der Waals surface area (Å²) in [6.45, 7) is 2.13. The molecule has 1 aliphatic carbocycles. The van der Waals surface area contributed by atoms with Gasteiger partial charge < -0.3 is 0 Å². The molecular weight excluding hydrogens is 254 g/mol. The van der Waals surface area contributed by atoms with Crippen molar-refractivity contribution in [3.63, 3.8) is 0 Å². The van der Waals surface area contributed by atoms with Crippen LogP contribution in [0.5, 0.6) is 0 Å². The van der Waals surface area contributed by atoms with E-state index in [2.05, 4.69) is 61.7 Å². The van der Waals surface area contributed by atoms with Crippen LogP contribution in [0.25, 0.3) is 11.1 Å². The molecule has 0 aliphatic heterocycles. The van der Waals surface area contributed by atoms with Crippen LogP contribution < -0.4 is 0 Å². The molecule has 0 spiro atoms. The average molecular weight is 277 g/mol. The minimum absolute atomic E-state index is 0.532. The molecule has 108 valence electrons. The van der Waals surface area contributed by atoms with Gasteiger partial charge >= 0.3 is 0 Å². The minimum atomic E-state index is 0.532. The van der Waals surface area contributed by atoms with Crippen LogP contribution in [-0.4, -0.2) is 12.3 Å². The van der Waals surface area contributed by atoms with Crippen molar-refractivity contribution in [1.82, 2.24) is 0 Å². The lowest BCUT2D eigenvalue weighted by Crippen LogP contribution is -2.09. The molecule has 0 aromatic heterocycles. The Balaban J connectivity index is 1.85. The standard InChI is InChI=1S/C20H23N/c1-16-11-13-17(14-12-16)20-10-6-5-7-18(20)15-21-19-8-3-2-4-9-19/h5-7,10-15,19H,2-4,8-9H2,1H3. The predicted molar refractivity (Wildman–Crippen MR) is 91.1 cm³/mol. The summed E-state index contributed by atoms with van der Waals surface area (Å²) in [5.41, 5.74) is 5.07. The van der Waals surface area contributed by atoms with Gasteiger partial charge in [0.15, 0.2) is 0 Å². The van der Waals surface area contributed by atoms with E-state index in [-0.39, 0.29) is 0 Å². The van der Waals surface area contributed by atoms with Gasteiger partial charge in [0.25, 0.3) is 0 Å². The smallest absolute Gasteiger partial charge is 0.0499 e. The number of hydrogen-bond donors (Lipinski definition) is 0. The van der Waals surface area contributed by atoms with Crippen molar-refractivity contribution in [3.05, 3.63) is 59.7 Å². The highest BCUT2D eigenvalue weighted by molar-refractivity contribution is 5.90. The van der Waals surface area contributed by atoms with Crippen LogP contribution in [0, 0.1) is 6.92 Å². The summed E-state index contributed by atoms with van der Waals surface area (Å²) >= 11 is 0. The van der Waals surface area contributed by atoms with E-state index in [1.54, 1.807) is 0 Å². The van der Waals surface area contributed by atoms with Gasteiger partial charge in [-0.15, -0.1) is 0 Å². The number of aliphatic imine (C=N–C) groups is 1. The van der Waals surface area contributed by atoms with Crippen molar-refractivity contribution < 1.29 is 0 Å². The lowest BCUT2D eigenvalue weighted by atomic mass is 9.95. The first-order valence-electron chi connectivity index (χ1n) is 8.02. The van der Waals surface area contributed by atoms with Gasteiger partial charge in [-0.05, 0) is 30.9 Å². The Hall–Kier alpha value is -1.89. The Morgan fingerprint density at radius 3 is 2.38 bits per heavy atom. The molecule has 1 fully saturated rings. The van der Waals surface area contributed by atoms with E-state index in [0.717, 1.165) is 0 Å². The highest BCUT2D eigenvalue weighted by atomic mass is 14.8. The van der Waals surface area contributed by atoms with E-state index in [1.165, 1.54) is 54.4 Å². The number of rotatable bonds is 3. The summed E-state index contributed by atoms with van der Waals surface area (Å²) in [5.74, 6) is 0. The van der Waals surface area contributed by atoms with Gasteiger partial charge in [-0.2, -0.15) is 0 Å². The van der Waals surface area contributed by atoms with Crippen LogP contribution >= 0.6 is 0 Å². The maximum Gasteiger partial charge on any atom is 0.0499 e. The second kappa shape index (κ2) is 6.71. The SMILES string of the molecule is Cc1ccc(-c2ccccc2C=NC2CCCCC2)cc1. The number of hydrogen-bond acceptors (Lipinski definition) is 1. The van der Waals surface area contributed by atoms with E-state index in [1.807, 2.05) is 0 Å². The molecule has 2 aromatic rings. The maximum atomic E-state index is 4.83. The molecule has 3 rings (SSSR count). The molecule has 0 saturated heterocycles. The summed E-state index contributed by atoms with van der Waals surface area (Å²) in [5, 5.41) is 0. The van der Waals surface area contributed by atoms with Crippen molar-refractivity contribution in [1.29, 1.82) is 0 Å². The molecule has 21 heavy (non-hydrogen) atoms. The average Bonchev–Trinajstić information content (AvgIpc) is 2.55. The largest absolute Gasteiger partial charge is 0.289 e. The first kappa shape index (κ1) is 14.1. The predicted octanol–water partition coefficient (Wildman–Crippen LogP) is 5.41. The first-order chi connectivity index (χ1) is 10.3. The van der Waals surface area contributed by atoms with Gasteiger partial charge in [0.1, 0.15) is 0 Å². The molecular formula is C20H23N. The Morgan fingerprint density at radius 1 is 0.905 bits per heavy atom. The molecule has 0 N–H and O–H groups in total. The second-order valence-corrected chi connectivity index (χ2v) is 6.02. The molecule has 0 bridgehead atoms. The van der Waals surface area contributed by atoms with Crippen molar-refractivity contribution in [2.45, 2.75) is 45.1 Å². The molecule has 0 heterocycles. The molecule has 0 unspecified atom stereocenters. The fourth-order valence-electron chi connectivity index (χ4n) is 3.02. The van der Waals surface area contributed by atoms with Crippen LogP contribution in [-0.2, 0) is 0 Å². The molecule has 0 radical (unpaired) electrons. The number of aryl methyl sites for hydroxylation is 1. The normalized spacial score (nSPS) is 16.4. The van der Waals surface area contributed by atoms with E-state index in [9.17, 15) is 0 Å². The Morgan fingerprint density at radius 2 is 1.62 bits per heavy atom. The Kier molecular flexibility index (Phi) is 4.49. The van der Waals surface area contributed by atoms with Crippen LogP contribution in [0.1, 0.15) is 43.2 Å². The van der Waals surface area contributed by atoms with Crippen molar-refractivity contribution >= 4 is 6.21 Å². The third-order valence-corrected chi connectivity index (χ3v) is 4.32. The third kappa shape index (κ3) is 3.60.